The van der Waals surface area contributed by atoms with Crippen molar-refractivity contribution in [3.05, 3.63) is 29.8 Å². The van der Waals surface area contributed by atoms with Crippen LogP contribution in [0.25, 0.3) is 0 Å². The lowest BCUT2D eigenvalue weighted by Crippen LogP contribution is -2.43. The van der Waals surface area contributed by atoms with E-state index < -0.39 is 15.3 Å². The molecule has 18 heavy (non-hydrogen) atoms. The summed E-state index contributed by atoms with van der Waals surface area (Å²) >= 11 is 0. The zero-order valence-electron chi connectivity index (χ0n) is 10.3. The zero-order valence-corrected chi connectivity index (χ0v) is 11.1. The number of hydrogen-bond acceptors (Lipinski definition) is 4. The highest BCUT2D eigenvalue weighted by molar-refractivity contribution is 7.89. The van der Waals surface area contributed by atoms with Gasteiger partial charge in [-0.2, -0.15) is 0 Å². The summed E-state index contributed by atoms with van der Waals surface area (Å²) in [5.74, 6) is 0.817. The molecule has 0 bridgehead atoms. The molecule has 1 heterocycles. The van der Waals surface area contributed by atoms with Gasteiger partial charge in [-0.25, -0.2) is 13.6 Å². The molecule has 0 radical (unpaired) electrons. The van der Waals surface area contributed by atoms with Gasteiger partial charge in [-0.15, -0.1) is 0 Å². The average molecular weight is 270 g/mol. The van der Waals surface area contributed by atoms with Crippen LogP contribution in [0.4, 0.5) is 0 Å². The zero-order chi connectivity index (χ0) is 13.2. The Balaban J connectivity index is 2.01. The van der Waals surface area contributed by atoms with E-state index in [9.17, 15) is 8.42 Å². The number of ether oxygens (including phenoxy) is 1. The predicted octanol–water partition coefficient (Wildman–Crippen LogP) is 0.777. The van der Waals surface area contributed by atoms with Gasteiger partial charge < -0.3 is 10.1 Å². The van der Waals surface area contributed by atoms with Crippen molar-refractivity contribution in [2.75, 3.05) is 13.7 Å². The Labute approximate surface area is 107 Å². The van der Waals surface area contributed by atoms with Crippen LogP contribution in [0.1, 0.15) is 24.4 Å². The molecule has 100 valence electrons. The second-order valence-corrected chi connectivity index (χ2v) is 6.37. The van der Waals surface area contributed by atoms with Gasteiger partial charge in [0.25, 0.3) is 0 Å². The van der Waals surface area contributed by atoms with Gasteiger partial charge in [-0.05, 0) is 30.5 Å². The molecule has 3 N–H and O–H groups in total. The first-order chi connectivity index (χ1) is 8.50. The summed E-state index contributed by atoms with van der Waals surface area (Å²) in [6, 6.07) is 7.99. The van der Waals surface area contributed by atoms with Crippen molar-refractivity contribution in [1.82, 2.24) is 5.32 Å². The minimum Gasteiger partial charge on any atom is -0.497 e. The maximum Gasteiger partial charge on any atom is 0.213 e. The van der Waals surface area contributed by atoms with Crippen LogP contribution in [-0.4, -0.2) is 27.3 Å². The molecule has 1 saturated heterocycles. The van der Waals surface area contributed by atoms with E-state index in [1.807, 2.05) is 24.3 Å². The molecule has 1 aromatic carbocycles. The fourth-order valence-electron chi connectivity index (χ4n) is 2.23. The number of sulfonamides is 1. The first-order valence-electron chi connectivity index (χ1n) is 5.89. The number of primary sulfonamides is 1. The van der Waals surface area contributed by atoms with E-state index in [-0.39, 0.29) is 6.04 Å². The SMILES string of the molecule is COc1ccc(C2CCC(S(N)(=O)=O)CN2)cc1. The van der Waals surface area contributed by atoms with Crippen LogP contribution in [-0.2, 0) is 10.0 Å². The maximum atomic E-state index is 11.2. The molecule has 1 aliphatic rings. The van der Waals surface area contributed by atoms with Gasteiger partial charge in [-0.1, -0.05) is 12.1 Å². The van der Waals surface area contributed by atoms with Crippen molar-refractivity contribution in [3.8, 4) is 5.75 Å². The van der Waals surface area contributed by atoms with Crippen molar-refractivity contribution in [1.29, 1.82) is 0 Å². The number of nitrogens with one attached hydrogen (secondary N) is 1. The summed E-state index contributed by atoms with van der Waals surface area (Å²) in [5.41, 5.74) is 1.14. The minimum atomic E-state index is -3.42. The highest BCUT2D eigenvalue weighted by Crippen LogP contribution is 2.26. The van der Waals surface area contributed by atoms with E-state index in [0.717, 1.165) is 17.7 Å². The number of benzene rings is 1. The normalized spacial score (nSPS) is 24.8. The van der Waals surface area contributed by atoms with E-state index >= 15 is 0 Å². The molecule has 1 aromatic rings. The summed E-state index contributed by atoms with van der Waals surface area (Å²) in [7, 11) is -1.80. The molecule has 6 heteroatoms. The van der Waals surface area contributed by atoms with Gasteiger partial charge in [0.2, 0.25) is 10.0 Å². The predicted molar refractivity (Wildman–Crippen MR) is 69.9 cm³/mol. The number of hydrogen-bond donors (Lipinski definition) is 2. The summed E-state index contributed by atoms with van der Waals surface area (Å²) in [6.07, 6.45) is 1.37. The van der Waals surface area contributed by atoms with Gasteiger partial charge in [0.1, 0.15) is 5.75 Å². The molecule has 1 aliphatic heterocycles. The summed E-state index contributed by atoms with van der Waals surface area (Å²) in [4.78, 5) is 0. The van der Waals surface area contributed by atoms with Gasteiger partial charge in [0.15, 0.2) is 0 Å². The summed E-state index contributed by atoms with van der Waals surface area (Å²) < 4.78 is 27.6. The van der Waals surface area contributed by atoms with Crippen molar-refractivity contribution in [3.63, 3.8) is 0 Å². The van der Waals surface area contributed by atoms with Crippen LogP contribution < -0.4 is 15.2 Å². The van der Waals surface area contributed by atoms with Gasteiger partial charge in [0, 0.05) is 12.6 Å². The highest BCUT2D eigenvalue weighted by atomic mass is 32.2. The van der Waals surface area contributed by atoms with Crippen LogP contribution in [0.3, 0.4) is 0 Å². The van der Waals surface area contributed by atoms with Gasteiger partial charge in [0.05, 0.1) is 12.4 Å². The number of methoxy groups -OCH3 is 1. The Hall–Kier alpha value is -1.11. The molecule has 1 fully saturated rings. The Bertz CT molecular complexity index is 491. The molecule has 2 atom stereocenters. The first kappa shape index (κ1) is 13.3. The Morgan fingerprint density at radius 3 is 2.39 bits per heavy atom. The van der Waals surface area contributed by atoms with Crippen LogP contribution in [0.5, 0.6) is 5.75 Å². The van der Waals surface area contributed by atoms with E-state index in [0.29, 0.717) is 13.0 Å². The molecular weight excluding hydrogens is 252 g/mol. The molecular formula is C12H18N2O3S. The van der Waals surface area contributed by atoms with Crippen molar-refractivity contribution >= 4 is 10.0 Å². The third-order valence-electron chi connectivity index (χ3n) is 3.35. The van der Waals surface area contributed by atoms with E-state index in [4.69, 9.17) is 9.88 Å². The Morgan fingerprint density at radius 1 is 1.28 bits per heavy atom. The molecule has 0 amide bonds. The Morgan fingerprint density at radius 2 is 1.94 bits per heavy atom. The van der Waals surface area contributed by atoms with Crippen LogP contribution in [0.15, 0.2) is 24.3 Å². The molecule has 0 spiro atoms. The largest absolute Gasteiger partial charge is 0.497 e. The second kappa shape index (κ2) is 5.26. The summed E-state index contributed by atoms with van der Waals surface area (Å²) in [5, 5.41) is 7.91. The van der Waals surface area contributed by atoms with Crippen LogP contribution in [0, 0.1) is 0 Å². The molecule has 5 nitrogen and oxygen atoms in total. The van der Waals surface area contributed by atoms with Gasteiger partial charge >= 0.3 is 0 Å². The average Bonchev–Trinajstić information content (AvgIpc) is 2.38. The van der Waals surface area contributed by atoms with E-state index in [2.05, 4.69) is 5.32 Å². The second-order valence-electron chi connectivity index (χ2n) is 4.52. The number of nitrogens with two attached hydrogens (primary N) is 1. The first-order valence-corrected chi connectivity index (χ1v) is 7.50. The number of piperidine rings is 1. The lowest BCUT2D eigenvalue weighted by atomic mass is 9.97. The topological polar surface area (TPSA) is 81.4 Å². The fraction of sp³-hybridized carbons (Fsp3) is 0.500. The monoisotopic (exact) mass is 270 g/mol. The van der Waals surface area contributed by atoms with E-state index in [1.165, 1.54) is 0 Å². The quantitative estimate of drug-likeness (QED) is 0.850. The highest BCUT2D eigenvalue weighted by Gasteiger charge is 2.28. The summed E-state index contributed by atoms with van der Waals surface area (Å²) in [6.45, 7) is 0.412. The maximum absolute atomic E-state index is 11.2. The van der Waals surface area contributed by atoms with Crippen LogP contribution >= 0.6 is 0 Å². The number of rotatable bonds is 3. The van der Waals surface area contributed by atoms with Crippen LogP contribution in [0.2, 0.25) is 0 Å². The fourth-order valence-corrected chi connectivity index (χ4v) is 3.02. The Kier molecular flexibility index (Phi) is 3.89. The third-order valence-corrected chi connectivity index (χ3v) is 4.68. The molecule has 0 saturated carbocycles. The molecule has 0 aromatic heterocycles. The standard InChI is InChI=1S/C12H18N2O3S/c1-17-10-4-2-9(3-5-10)12-7-6-11(8-14-12)18(13,15)16/h2-5,11-12,14H,6-8H2,1H3,(H2,13,15,16). The molecule has 0 aliphatic carbocycles. The minimum absolute atomic E-state index is 0.189. The van der Waals surface area contributed by atoms with Gasteiger partial charge in [-0.3, -0.25) is 0 Å². The smallest absolute Gasteiger partial charge is 0.213 e. The van der Waals surface area contributed by atoms with Crippen molar-refractivity contribution in [2.45, 2.75) is 24.1 Å². The lowest BCUT2D eigenvalue weighted by molar-refractivity contribution is 0.403. The van der Waals surface area contributed by atoms with Crippen molar-refractivity contribution in [2.24, 2.45) is 5.14 Å². The molecule has 2 unspecified atom stereocenters. The lowest BCUT2D eigenvalue weighted by Gasteiger charge is -2.28. The third kappa shape index (κ3) is 3.01. The van der Waals surface area contributed by atoms with Crippen molar-refractivity contribution < 1.29 is 13.2 Å². The molecule has 2 rings (SSSR count). The van der Waals surface area contributed by atoms with E-state index in [1.54, 1.807) is 7.11 Å².